The Bertz CT molecular complexity index is 311. The highest BCUT2D eigenvalue weighted by molar-refractivity contribution is 5.40. The lowest BCUT2D eigenvalue weighted by molar-refractivity contribution is 0.638. The van der Waals surface area contributed by atoms with E-state index in [2.05, 4.69) is 22.2 Å². The number of hydrogen-bond acceptors (Lipinski definition) is 4. The van der Waals surface area contributed by atoms with Crippen LogP contribution in [-0.4, -0.2) is 22.6 Å². The van der Waals surface area contributed by atoms with Crippen molar-refractivity contribution in [3.8, 4) is 0 Å². The molecular formula is C11H20N4. The van der Waals surface area contributed by atoms with Crippen LogP contribution in [-0.2, 0) is 0 Å². The topological polar surface area (TPSA) is 63.8 Å². The summed E-state index contributed by atoms with van der Waals surface area (Å²) in [6, 6.07) is 0.393. The highest BCUT2D eigenvalue weighted by Gasteiger charge is 2.08. The summed E-state index contributed by atoms with van der Waals surface area (Å²) in [7, 11) is 0. The Morgan fingerprint density at radius 1 is 1.47 bits per heavy atom. The van der Waals surface area contributed by atoms with Crippen LogP contribution in [0.3, 0.4) is 0 Å². The van der Waals surface area contributed by atoms with Gasteiger partial charge in [0, 0.05) is 12.2 Å². The second-order valence-electron chi connectivity index (χ2n) is 3.77. The molecule has 0 bridgehead atoms. The molecule has 1 atom stereocenters. The summed E-state index contributed by atoms with van der Waals surface area (Å²) < 4.78 is 0. The molecule has 1 aromatic heterocycles. The Labute approximate surface area is 91.3 Å². The van der Waals surface area contributed by atoms with Gasteiger partial charge in [-0.3, -0.25) is 4.98 Å². The highest BCUT2D eigenvalue weighted by atomic mass is 15.0. The molecule has 0 aliphatic heterocycles. The minimum absolute atomic E-state index is 0.393. The first-order chi connectivity index (χ1) is 7.17. The molecule has 84 valence electrons. The Morgan fingerprint density at radius 3 is 2.80 bits per heavy atom. The van der Waals surface area contributed by atoms with Crippen LogP contribution >= 0.6 is 0 Å². The average molecular weight is 208 g/mol. The van der Waals surface area contributed by atoms with Gasteiger partial charge in [0.25, 0.3) is 0 Å². The van der Waals surface area contributed by atoms with Gasteiger partial charge in [-0.15, -0.1) is 0 Å². The predicted molar refractivity (Wildman–Crippen MR) is 62.9 cm³/mol. The van der Waals surface area contributed by atoms with Gasteiger partial charge in [0.05, 0.1) is 11.4 Å². The van der Waals surface area contributed by atoms with E-state index in [1.54, 1.807) is 6.20 Å². The van der Waals surface area contributed by atoms with Crippen LogP contribution < -0.4 is 11.1 Å². The molecule has 0 fully saturated rings. The molecule has 4 heteroatoms. The fraction of sp³-hybridized carbons (Fsp3) is 0.636. The molecule has 1 aromatic rings. The maximum atomic E-state index is 5.55. The number of rotatable bonds is 5. The molecule has 4 nitrogen and oxygen atoms in total. The third-order valence-electron chi connectivity index (χ3n) is 2.42. The molecule has 0 radical (unpaired) electrons. The molecule has 1 rings (SSSR count). The average Bonchev–Trinajstić information content (AvgIpc) is 2.22. The quantitative estimate of drug-likeness (QED) is 0.772. The summed E-state index contributed by atoms with van der Waals surface area (Å²) >= 11 is 0. The SMILES string of the molecule is CCC(CCN)Nc1nc(C)cnc1C. The van der Waals surface area contributed by atoms with Crippen molar-refractivity contribution in [2.24, 2.45) is 5.73 Å². The molecule has 0 saturated heterocycles. The van der Waals surface area contributed by atoms with Gasteiger partial charge in [-0.1, -0.05) is 6.92 Å². The maximum absolute atomic E-state index is 5.55. The molecule has 0 aliphatic rings. The van der Waals surface area contributed by atoms with E-state index in [4.69, 9.17) is 5.73 Å². The summed E-state index contributed by atoms with van der Waals surface area (Å²) in [5.74, 6) is 0.885. The smallest absolute Gasteiger partial charge is 0.147 e. The van der Waals surface area contributed by atoms with Gasteiger partial charge in [-0.05, 0) is 33.2 Å². The van der Waals surface area contributed by atoms with Gasteiger partial charge in [-0.2, -0.15) is 0 Å². The molecule has 1 unspecified atom stereocenters. The summed E-state index contributed by atoms with van der Waals surface area (Å²) in [6.45, 7) is 6.75. The predicted octanol–water partition coefficient (Wildman–Crippen LogP) is 1.63. The number of aromatic nitrogens is 2. The van der Waals surface area contributed by atoms with Crippen LogP contribution in [0.5, 0.6) is 0 Å². The largest absolute Gasteiger partial charge is 0.366 e. The van der Waals surface area contributed by atoms with Gasteiger partial charge < -0.3 is 11.1 Å². The summed E-state index contributed by atoms with van der Waals surface area (Å²) in [5, 5.41) is 3.39. The minimum Gasteiger partial charge on any atom is -0.366 e. The Hall–Kier alpha value is -1.16. The molecule has 0 amide bonds. The zero-order chi connectivity index (χ0) is 11.3. The Balaban J connectivity index is 2.73. The first kappa shape index (κ1) is 11.9. The maximum Gasteiger partial charge on any atom is 0.147 e. The van der Waals surface area contributed by atoms with E-state index in [-0.39, 0.29) is 0 Å². The first-order valence-electron chi connectivity index (χ1n) is 5.44. The second-order valence-corrected chi connectivity index (χ2v) is 3.77. The molecular weight excluding hydrogens is 188 g/mol. The van der Waals surface area contributed by atoms with Crippen LogP contribution in [0.1, 0.15) is 31.2 Å². The number of hydrogen-bond donors (Lipinski definition) is 2. The van der Waals surface area contributed by atoms with E-state index in [0.29, 0.717) is 12.6 Å². The molecule has 0 aliphatic carbocycles. The number of nitrogens with one attached hydrogen (secondary N) is 1. The molecule has 1 heterocycles. The number of aryl methyl sites for hydroxylation is 2. The Morgan fingerprint density at radius 2 is 2.20 bits per heavy atom. The van der Waals surface area contributed by atoms with Crippen molar-refractivity contribution in [1.82, 2.24) is 9.97 Å². The van der Waals surface area contributed by atoms with Gasteiger partial charge in [0.15, 0.2) is 0 Å². The number of nitrogens with zero attached hydrogens (tertiary/aromatic N) is 2. The fourth-order valence-electron chi connectivity index (χ4n) is 1.45. The van der Waals surface area contributed by atoms with Crippen molar-refractivity contribution in [3.05, 3.63) is 17.6 Å². The number of anilines is 1. The van der Waals surface area contributed by atoms with Crippen LogP contribution in [0.15, 0.2) is 6.20 Å². The molecule has 0 aromatic carbocycles. The normalized spacial score (nSPS) is 12.5. The third kappa shape index (κ3) is 3.47. The van der Waals surface area contributed by atoms with E-state index in [0.717, 1.165) is 30.0 Å². The van der Waals surface area contributed by atoms with Crippen LogP contribution in [0.2, 0.25) is 0 Å². The van der Waals surface area contributed by atoms with Crippen LogP contribution in [0.4, 0.5) is 5.82 Å². The number of nitrogens with two attached hydrogens (primary N) is 1. The van der Waals surface area contributed by atoms with E-state index in [1.165, 1.54) is 0 Å². The highest BCUT2D eigenvalue weighted by Crippen LogP contribution is 2.12. The summed E-state index contributed by atoms with van der Waals surface area (Å²) in [4.78, 5) is 8.70. The zero-order valence-corrected chi connectivity index (χ0v) is 9.75. The lowest BCUT2D eigenvalue weighted by atomic mass is 10.1. The standard InChI is InChI=1S/C11H20N4/c1-4-10(5-6-12)15-11-9(3)13-7-8(2)14-11/h7,10H,4-6,12H2,1-3H3,(H,14,15). The van der Waals surface area contributed by atoms with E-state index in [1.807, 2.05) is 13.8 Å². The van der Waals surface area contributed by atoms with Crippen LogP contribution in [0, 0.1) is 13.8 Å². The monoisotopic (exact) mass is 208 g/mol. The van der Waals surface area contributed by atoms with E-state index in [9.17, 15) is 0 Å². The van der Waals surface area contributed by atoms with Gasteiger partial charge in [0.1, 0.15) is 5.82 Å². The summed E-state index contributed by atoms with van der Waals surface area (Å²) in [5.41, 5.74) is 7.43. The minimum atomic E-state index is 0.393. The van der Waals surface area contributed by atoms with Gasteiger partial charge in [0.2, 0.25) is 0 Å². The van der Waals surface area contributed by atoms with Crippen molar-refractivity contribution in [3.63, 3.8) is 0 Å². The second kappa shape index (κ2) is 5.66. The zero-order valence-electron chi connectivity index (χ0n) is 9.75. The van der Waals surface area contributed by atoms with Gasteiger partial charge in [-0.25, -0.2) is 4.98 Å². The lowest BCUT2D eigenvalue weighted by Gasteiger charge is -2.17. The fourth-order valence-corrected chi connectivity index (χ4v) is 1.45. The third-order valence-corrected chi connectivity index (χ3v) is 2.42. The van der Waals surface area contributed by atoms with Crippen molar-refractivity contribution >= 4 is 5.82 Å². The lowest BCUT2D eigenvalue weighted by Crippen LogP contribution is -2.23. The molecule has 15 heavy (non-hydrogen) atoms. The van der Waals surface area contributed by atoms with Crippen LogP contribution in [0.25, 0.3) is 0 Å². The first-order valence-corrected chi connectivity index (χ1v) is 5.44. The van der Waals surface area contributed by atoms with Crippen molar-refractivity contribution in [2.45, 2.75) is 39.7 Å². The Kier molecular flexibility index (Phi) is 4.49. The van der Waals surface area contributed by atoms with Crippen molar-refractivity contribution in [2.75, 3.05) is 11.9 Å². The van der Waals surface area contributed by atoms with E-state index >= 15 is 0 Å². The molecule has 3 N–H and O–H groups in total. The van der Waals surface area contributed by atoms with Crippen molar-refractivity contribution in [1.29, 1.82) is 0 Å². The molecule has 0 spiro atoms. The van der Waals surface area contributed by atoms with E-state index < -0.39 is 0 Å². The van der Waals surface area contributed by atoms with Crippen molar-refractivity contribution < 1.29 is 0 Å². The summed E-state index contributed by atoms with van der Waals surface area (Å²) in [6.07, 6.45) is 3.79. The van der Waals surface area contributed by atoms with Gasteiger partial charge >= 0.3 is 0 Å². The molecule has 0 saturated carbocycles.